The number of hydrogen-bond acceptors (Lipinski definition) is 4. The monoisotopic (exact) mass is 311 g/mol. The highest BCUT2D eigenvalue weighted by atomic mass is 32.2. The zero-order valence-electron chi connectivity index (χ0n) is 12.7. The quantitative estimate of drug-likeness (QED) is 0.568. The van der Waals surface area contributed by atoms with E-state index in [1.807, 2.05) is 17.8 Å². The summed E-state index contributed by atoms with van der Waals surface area (Å²) in [6.45, 7) is 9.92. The molecule has 0 aliphatic carbocycles. The van der Waals surface area contributed by atoms with Gasteiger partial charge in [0.2, 0.25) is 0 Å². The maximum absolute atomic E-state index is 12.2. The lowest BCUT2D eigenvalue weighted by atomic mass is 10.00. The zero-order chi connectivity index (χ0) is 14.5. The van der Waals surface area contributed by atoms with Crippen molar-refractivity contribution in [2.45, 2.75) is 49.5 Å². The van der Waals surface area contributed by atoms with E-state index in [9.17, 15) is 4.79 Å². The molecule has 20 heavy (non-hydrogen) atoms. The van der Waals surface area contributed by atoms with Gasteiger partial charge in [-0.15, -0.1) is 23.1 Å². The van der Waals surface area contributed by atoms with Gasteiger partial charge in [0.05, 0.1) is 9.09 Å². The van der Waals surface area contributed by atoms with Crippen LogP contribution in [0.2, 0.25) is 0 Å². The zero-order valence-corrected chi connectivity index (χ0v) is 14.4. The second kappa shape index (κ2) is 7.62. The summed E-state index contributed by atoms with van der Waals surface area (Å²) < 4.78 is 1.26. The summed E-state index contributed by atoms with van der Waals surface area (Å²) in [7, 11) is 0. The Kier molecular flexibility index (Phi) is 6.12. The lowest BCUT2D eigenvalue weighted by molar-refractivity contribution is 0.0953. The minimum absolute atomic E-state index is 0.309. The third kappa shape index (κ3) is 4.90. The summed E-state index contributed by atoms with van der Waals surface area (Å²) in [4.78, 5) is 15.6. The van der Waals surface area contributed by atoms with Crippen molar-refractivity contribution >= 4 is 28.9 Å². The third-order valence-electron chi connectivity index (χ3n) is 3.60. The number of carbonyl (C=O) groups excluding carboxylic acids is 1. The van der Waals surface area contributed by atoms with E-state index in [-0.39, 0.29) is 0 Å². The summed E-state index contributed by atoms with van der Waals surface area (Å²) in [6.07, 6.45) is 3.29. The predicted octanol–water partition coefficient (Wildman–Crippen LogP) is 4.55. The first-order valence-electron chi connectivity index (χ1n) is 7.56. The fourth-order valence-corrected chi connectivity index (χ4v) is 4.99. The number of thiophene rings is 1. The molecule has 0 amide bonds. The van der Waals surface area contributed by atoms with Crippen molar-refractivity contribution in [3.63, 3.8) is 0 Å². The molecule has 1 atom stereocenters. The third-order valence-corrected chi connectivity index (χ3v) is 5.90. The fraction of sp³-hybridized carbons (Fsp3) is 0.688. The van der Waals surface area contributed by atoms with Crippen molar-refractivity contribution in [1.82, 2.24) is 4.90 Å². The Morgan fingerprint density at radius 2 is 2.30 bits per heavy atom. The van der Waals surface area contributed by atoms with Crippen LogP contribution in [0.4, 0.5) is 0 Å². The molecule has 0 spiro atoms. The number of likely N-dealkylation sites (tertiary alicyclic amines) is 1. The van der Waals surface area contributed by atoms with Gasteiger partial charge in [-0.25, -0.2) is 0 Å². The maximum Gasteiger partial charge on any atom is 0.174 e. The van der Waals surface area contributed by atoms with Gasteiger partial charge in [0.15, 0.2) is 5.78 Å². The predicted molar refractivity (Wildman–Crippen MR) is 89.1 cm³/mol. The van der Waals surface area contributed by atoms with Crippen LogP contribution in [-0.2, 0) is 0 Å². The van der Waals surface area contributed by atoms with Gasteiger partial charge in [0, 0.05) is 24.8 Å². The van der Waals surface area contributed by atoms with Gasteiger partial charge in [0.1, 0.15) is 0 Å². The largest absolute Gasteiger partial charge is 0.303 e. The number of carbonyl (C=O) groups is 1. The molecule has 1 fully saturated rings. The molecule has 1 aliphatic rings. The Bertz CT molecular complexity index is 441. The summed E-state index contributed by atoms with van der Waals surface area (Å²) >= 11 is 3.49. The van der Waals surface area contributed by atoms with Crippen molar-refractivity contribution in [2.75, 3.05) is 19.6 Å². The summed E-state index contributed by atoms with van der Waals surface area (Å²) in [5, 5.41) is 0.575. The smallest absolute Gasteiger partial charge is 0.174 e. The molecular weight excluding hydrogens is 286 g/mol. The van der Waals surface area contributed by atoms with E-state index in [4.69, 9.17) is 0 Å². The number of Topliss-reactive ketones (excluding diaryl/α,β-unsaturated/α-hetero) is 1. The molecule has 2 nitrogen and oxygen atoms in total. The van der Waals surface area contributed by atoms with Gasteiger partial charge >= 0.3 is 0 Å². The normalized spacial score (nSPS) is 20.5. The Labute approximate surface area is 130 Å². The maximum atomic E-state index is 12.2. The summed E-state index contributed by atoms with van der Waals surface area (Å²) in [6, 6.07) is 4.09. The first-order chi connectivity index (χ1) is 9.54. The van der Waals surface area contributed by atoms with E-state index >= 15 is 0 Å². The number of rotatable bonds is 6. The SMILES string of the molecule is CC1CCCN(CCC(=O)c2ccc(SC(C)C)s2)C1. The fourth-order valence-electron chi connectivity index (χ4n) is 2.64. The topological polar surface area (TPSA) is 20.3 Å². The second-order valence-electron chi connectivity index (χ2n) is 6.01. The molecular formula is C16H25NOS2. The lowest BCUT2D eigenvalue weighted by Gasteiger charge is -2.30. The Morgan fingerprint density at radius 1 is 1.50 bits per heavy atom. The highest BCUT2D eigenvalue weighted by Gasteiger charge is 2.18. The second-order valence-corrected chi connectivity index (χ2v) is 8.97. The molecule has 2 heterocycles. The van der Waals surface area contributed by atoms with Crippen molar-refractivity contribution in [3.05, 3.63) is 17.0 Å². The molecule has 0 N–H and O–H groups in total. The van der Waals surface area contributed by atoms with Gasteiger partial charge in [-0.3, -0.25) is 4.79 Å². The van der Waals surface area contributed by atoms with Crippen molar-refractivity contribution < 1.29 is 4.79 Å². The lowest BCUT2D eigenvalue weighted by Crippen LogP contribution is -2.35. The van der Waals surface area contributed by atoms with E-state index in [2.05, 4.69) is 31.7 Å². The van der Waals surface area contributed by atoms with Crippen molar-refractivity contribution in [2.24, 2.45) is 5.92 Å². The first kappa shape index (κ1) is 16.1. The highest BCUT2D eigenvalue weighted by molar-refractivity contribution is 8.01. The van der Waals surface area contributed by atoms with Crippen LogP contribution in [0.15, 0.2) is 16.3 Å². The molecule has 1 aromatic rings. The number of hydrogen-bond donors (Lipinski definition) is 0. The van der Waals surface area contributed by atoms with E-state index in [1.165, 1.54) is 17.1 Å². The van der Waals surface area contributed by atoms with Crippen molar-refractivity contribution in [3.8, 4) is 0 Å². The van der Waals surface area contributed by atoms with Crippen LogP contribution in [0.3, 0.4) is 0 Å². The van der Waals surface area contributed by atoms with E-state index in [0.29, 0.717) is 17.5 Å². The molecule has 112 valence electrons. The average molecular weight is 312 g/mol. The molecule has 1 unspecified atom stereocenters. The van der Waals surface area contributed by atoms with Gasteiger partial charge < -0.3 is 4.90 Å². The molecule has 0 saturated carbocycles. The minimum Gasteiger partial charge on any atom is -0.303 e. The molecule has 1 aliphatic heterocycles. The van der Waals surface area contributed by atoms with Gasteiger partial charge in [-0.05, 0) is 37.4 Å². The molecule has 1 aromatic heterocycles. The van der Waals surface area contributed by atoms with E-state index in [0.717, 1.165) is 30.4 Å². The van der Waals surface area contributed by atoms with Crippen LogP contribution in [0.25, 0.3) is 0 Å². The Hall–Kier alpha value is -0.320. The Balaban J connectivity index is 1.80. The van der Waals surface area contributed by atoms with Crippen LogP contribution < -0.4 is 0 Å². The number of piperidine rings is 1. The van der Waals surface area contributed by atoms with Crippen LogP contribution in [0, 0.1) is 5.92 Å². The number of ketones is 1. The summed E-state index contributed by atoms with van der Waals surface area (Å²) in [5.74, 6) is 1.10. The highest BCUT2D eigenvalue weighted by Crippen LogP contribution is 2.30. The van der Waals surface area contributed by atoms with Gasteiger partial charge in [-0.2, -0.15) is 0 Å². The molecule has 2 rings (SSSR count). The van der Waals surface area contributed by atoms with Gasteiger partial charge in [-0.1, -0.05) is 20.8 Å². The average Bonchev–Trinajstić information content (AvgIpc) is 2.84. The van der Waals surface area contributed by atoms with Crippen LogP contribution in [0.5, 0.6) is 0 Å². The molecule has 0 radical (unpaired) electrons. The van der Waals surface area contributed by atoms with Crippen molar-refractivity contribution in [1.29, 1.82) is 0 Å². The molecule has 0 bridgehead atoms. The molecule has 1 saturated heterocycles. The van der Waals surface area contributed by atoms with Crippen LogP contribution in [0.1, 0.15) is 49.7 Å². The summed E-state index contributed by atoms with van der Waals surface area (Å²) in [5.41, 5.74) is 0. The number of thioether (sulfide) groups is 1. The molecule has 4 heteroatoms. The standard InChI is InChI=1S/C16H25NOS2/c1-12(2)19-16-7-6-15(20-16)14(18)8-10-17-9-4-5-13(3)11-17/h6-7,12-13H,4-5,8-11H2,1-3H3. The van der Waals surface area contributed by atoms with Crippen LogP contribution >= 0.6 is 23.1 Å². The minimum atomic E-state index is 0.309. The van der Waals surface area contributed by atoms with E-state index < -0.39 is 0 Å². The Morgan fingerprint density at radius 3 is 3.00 bits per heavy atom. The molecule has 0 aromatic carbocycles. The van der Waals surface area contributed by atoms with Gasteiger partial charge in [0.25, 0.3) is 0 Å². The number of nitrogens with zero attached hydrogens (tertiary/aromatic N) is 1. The van der Waals surface area contributed by atoms with E-state index in [1.54, 1.807) is 11.3 Å². The first-order valence-corrected chi connectivity index (χ1v) is 9.26. The van der Waals surface area contributed by atoms with Crippen LogP contribution in [-0.4, -0.2) is 35.6 Å².